The summed E-state index contributed by atoms with van der Waals surface area (Å²) in [6.45, 7) is 1.78. The molecule has 0 aliphatic heterocycles. The lowest BCUT2D eigenvalue weighted by Crippen LogP contribution is -2.37. The minimum atomic E-state index is -4.60. The number of hydrogen-bond donors (Lipinski definition) is 0. The number of nitrogens with zero attached hydrogens (tertiary/aromatic N) is 4. The monoisotopic (exact) mass is 300 g/mol. The summed E-state index contributed by atoms with van der Waals surface area (Å²) >= 11 is 0. The number of hydrogen-bond acceptors (Lipinski definition) is 4. The molecule has 0 bridgehead atoms. The summed E-state index contributed by atoms with van der Waals surface area (Å²) in [6, 6.07) is 3.61. The van der Waals surface area contributed by atoms with Crippen LogP contribution >= 0.6 is 0 Å². The highest BCUT2D eigenvalue weighted by Gasteiger charge is 2.33. The fraction of sp³-hybridized carbons (Fsp3) is 0.462. The van der Waals surface area contributed by atoms with Gasteiger partial charge in [0.05, 0.1) is 12.1 Å². The number of likely N-dealkylation sites (N-methyl/N-ethyl adjacent to an activating group) is 2. The SMILES string of the molecule is CCN(CC(=O)N(C)C)c1nc(C(F)(F)F)ccc1C#N. The molecule has 1 aromatic heterocycles. The first kappa shape index (κ1) is 16.8. The number of amides is 1. The fourth-order valence-corrected chi connectivity index (χ4v) is 1.58. The molecule has 0 fully saturated rings. The molecule has 0 radical (unpaired) electrons. The Morgan fingerprint density at radius 3 is 2.43 bits per heavy atom. The van der Waals surface area contributed by atoms with E-state index in [1.807, 2.05) is 0 Å². The van der Waals surface area contributed by atoms with Gasteiger partial charge in [-0.15, -0.1) is 0 Å². The number of carbonyl (C=O) groups is 1. The Morgan fingerprint density at radius 1 is 1.38 bits per heavy atom. The zero-order valence-electron chi connectivity index (χ0n) is 11.9. The lowest BCUT2D eigenvalue weighted by molar-refractivity contribution is -0.141. The van der Waals surface area contributed by atoms with Crippen molar-refractivity contribution in [3.8, 4) is 6.07 Å². The van der Waals surface area contributed by atoms with Crippen LogP contribution in [0.5, 0.6) is 0 Å². The number of halogens is 3. The largest absolute Gasteiger partial charge is 0.433 e. The number of pyridine rings is 1. The standard InChI is InChI=1S/C13H15F3N4O/c1-4-20(8-11(21)19(2)3)12-9(7-17)5-6-10(18-12)13(14,15)16/h5-6H,4,8H2,1-3H3. The maximum Gasteiger partial charge on any atom is 0.433 e. The molecule has 0 unspecified atom stereocenters. The molecule has 0 aliphatic carbocycles. The summed E-state index contributed by atoms with van der Waals surface area (Å²) in [6.07, 6.45) is -4.60. The van der Waals surface area contributed by atoms with Crippen molar-refractivity contribution in [1.29, 1.82) is 5.26 Å². The van der Waals surface area contributed by atoms with Gasteiger partial charge in [0.15, 0.2) is 0 Å². The van der Waals surface area contributed by atoms with Crippen molar-refractivity contribution >= 4 is 11.7 Å². The molecule has 0 N–H and O–H groups in total. The number of anilines is 1. The highest BCUT2D eigenvalue weighted by molar-refractivity contribution is 5.81. The molecule has 114 valence electrons. The molecule has 0 aromatic carbocycles. The Hall–Kier alpha value is -2.30. The summed E-state index contributed by atoms with van der Waals surface area (Å²) in [7, 11) is 3.09. The van der Waals surface area contributed by atoms with E-state index in [1.54, 1.807) is 27.1 Å². The fourth-order valence-electron chi connectivity index (χ4n) is 1.58. The van der Waals surface area contributed by atoms with Gasteiger partial charge in [0, 0.05) is 20.6 Å². The van der Waals surface area contributed by atoms with Crippen LogP contribution in [-0.4, -0.2) is 43.0 Å². The molecule has 5 nitrogen and oxygen atoms in total. The number of carbonyl (C=O) groups excluding carboxylic acids is 1. The van der Waals surface area contributed by atoms with E-state index in [-0.39, 0.29) is 30.4 Å². The predicted octanol–water partition coefficient (Wildman–Crippen LogP) is 1.89. The quantitative estimate of drug-likeness (QED) is 0.852. The summed E-state index contributed by atoms with van der Waals surface area (Å²) < 4.78 is 38.2. The first-order valence-electron chi connectivity index (χ1n) is 6.14. The van der Waals surface area contributed by atoms with E-state index in [4.69, 9.17) is 5.26 Å². The van der Waals surface area contributed by atoms with E-state index >= 15 is 0 Å². The molecule has 0 atom stereocenters. The van der Waals surface area contributed by atoms with E-state index in [9.17, 15) is 18.0 Å². The van der Waals surface area contributed by atoms with Gasteiger partial charge in [0.25, 0.3) is 0 Å². The molecule has 21 heavy (non-hydrogen) atoms. The molecule has 1 rings (SSSR count). The van der Waals surface area contributed by atoms with Gasteiger partial charge in [-0.2, -0.15) is 18.4 Å². The van der Waals surface area contributed by atoms with Crippen molar-refractivity contribution in [2.45, 2.75) is 13.1 Å². The number of aromatic nitrogens is 1. The average Bonchev–Trinajstić information content (AvgIpc) is 2.42. The van der Waals surface area contributed by atoms with Crippen LogP contribution in [-0.2, 0) is 11.0 Å². The molecule has 1 aromatic rings. The lowest BCUT2D eigenvalue weighted by Gasteiger charge is -2.24. The van der Waals surface area contributed by atoms with Crippen LogP contribution in [0.2, 0.25) is 0 Å². The Balaban J connectivity index is 3.24. The van der Waals surface area contributed by atoms with Gasteiger partial charge in [-0.05, 0) is 19.1 Å². The van der Waals surface area contributed by atoms with Crippen LogP contribution in [0.4, 0.5) is 19.0 Å². The second-order valence-electron chi connectivity index (χ2n) is 4.48. The second-order valence-corrected chi connectivity index (χ2v) is 4.48. The van der Waals surface area contributed by atoms with E-state index in [1.165, 1.54) is 9.80 Å². The molecule has 0 aliphatic rings. The number of alkyl halides is 3. The zero-order chi connectivity index (χ0) is 16.2. The highest BCUT2D eigenvalue weighted by Crippen LogP contribution is 2.30. The Labute approximate surface area is 120 Å². The van der Waals surface area contributed by atoms with Gasteiger partial charge in [-0.25, -0.2) is 4.98 Å². The minimum Gasteiger partial charge on any atom is -0.347 e. The smallest absolute Gasteiger partial charge is 0.347 e. The van der Waals surface area contributed by atoms with Gasteiger partial charge in [-0.1, -0.05) is 0 Å². The van der Waals surface area contributed by atoms with Crippen molar-refractivity contribution in [3.05, 3.63) is 23.4 Å². The van der Waals surface area contributed by atoms with E-state index in [0.717, 1.165) is 12.1 Å². The molecule has 0 spiro atoms. The third-order valence-electron chi connectivity index (χ3n) is 2.79. The van der Waals surface area contributed by atoms with Crippen molar-refractivity contribution in [1.82, 2.24) is 9.88 Å². The Kier molecular flexibility index (Phi) is 5.13. The molecule has 0 saturated heterocycles. The molecule has 0 saturated carbocycles. The van der Waals surface area contributed by atoms with Crippen LogP contribution in [0.3, 0.4) is 0 Å². The molecule has 8 heteroatoms. The van der Waals surface area contributed by atoms with E-state index < -0.39 is 11.9 Å². The molecule has 1 heterocycles. The van der Waals surface area contributed by atoms with Crippen LogP contribution in [0.25, 0.3) is 0 Å². The van der Waals surface area contributed by atoms with Gasteiger partial charge in [-0.3, -0.25) is 4.79 Å². The van der Waals surface area contributed by atoms with E-state index in [0.29, 0.717) is 0 Å². The summed E-state index contributed by atoms with van der Waals surface area (Å²) in [4.78, 5) is 17.9. The first-order chi connectivity index (χ1) is 9.70. The first-order valence-corrected chi connectivity index (χ1v) is 6.14. The van der Waals surface area contributed by atoms with Crippen LogP contribution in [0, 0.1) is 11.3 Å². The Morgan fingerprint density at radius 2 is 2.00 bits per heavy atom. The maximum absolute atomic E-state index is 12.7. The highest BCUT2D eigenvalue weighted by atomic mass is 19.4. The summed E-state index contributed by atoms with van der Waals surface area (Å²) in [5.74, 6) is -0.426. The van der Waals surface area contributed by atoms with E-state index in [2.05, 4.69) is 4.98 Å². The van der Waals surface area contributed by atoms with Crippen molar-refractivity contribution in [2.75, 3.05) is 32.1 Å². The minimum absolute atomic E-state index is 0.00333. The summed E-state index contributed by atoms with van der Waals surface area (Å²) in [5, 5.41) is 9.01. The molecule has 1 amide bonds. The molecular weight excluding hydrogens is 285 g/mol. The van der Waals surface area contributed by atoms with Crippen molar-refractivity contribution in [3.63, 3.8) is 0 Å². The normalized spacial score (nSPS) is 10.9. The van der Waals surface area contributed by atoms with Crippen LogP contribution in [0.1, 0.15) is 18.2 Å². The third kappa shape index (κ3) is 4.08. The van der Waals surface area contributed by atoms with Gasteiger partial charge < -0.3 is 9.80 Å². The predicted molar refractivity (Wildman–Crippen MR) is 70.5 cm³/mol. The van der Waals surface area contributed by atoms with Gasteiger partial charge in [0.1, 0.15) is 17.6 Å². The third-order valence-corrected chi connectivity index (χ3v) is 2.79. The number of nitriles is 1. The van der Waals surface area contributed by atoms with Gasteiger partial charge >= 0.3 is 6.18 Å². The van der Waals surface area contributed by atoms with Crippen molar-refractivity contribution < 1.29 is 18.0 Å². The Bertz CT molecular complexity index is 564. The summed E-state index contributed by atoms with van der Waals surface area (Å²) in [5.41, 5.74) is -1.09. The average molecular weight is 300 g/mol. The zero-order valence-corrected chi connectivity index (χ0v) is 11.9. The van der Waals surface area contributed by atoms with Crippen LogP contribution in [0.15, 0.2) is 12.1 Å². The molecular formula is C13H15F3N4O. The van der Waals surface area contributed by atoms with Gasteiger partial charge in [0.2, 0.25) is 5.91 Å². The second kappa shape index (κ2) is 6.43. The van der Waals surface area contributed by atoms with Crippen molar-refractivity contribution in [2.24, 2.45) is 0 Å². The van der Waals surface area contributed by atoms with Crippen LogP contribution < -0.4 is 4.90 Å². The number of rotatable bonds is 4. The maximum atomic E-state index is 12.7. The lowest BCUT2D eigenvalue weighted by atomic mass is 10.2. The topological polar surface area (TPSA) is 60.2 Å².